The molecule has 1 fully saturated rings. The van der Waals surface area contributed by atoms with Gasteiger partial charge >= 0.3 is 0 Å². The third kappa shape index (κ3) is 5.53. The number of benzene rings is 2. The number of nitrogens with one attached hydrogen (secondary N) is 2. The molecule has 1 aliphatic heterocycles. The minimum Gasteiger partial charge on any atom is -0.336 e. The van der Waals surface area contributed by atoms with Crippen LogP contribution in [0.25, 0.3) is 0 Å². The van der Waals surface area contributed by atoms with E-state index < -0.39 is 10.2 Å². The van der Waals surface area contributed by atoms with E-state index in [1.165, 1.54) is 0 Å². The number of nitrogens with zero attached hydrogens (tertiary/aromatic N) is 2. The standard InChI is InChI=1S/C19H24N4O3S/c1-22-10-12-23(13-11-22)19(24)17-8-5-9-18(14-17)21-27(25,26)20-15-16-6-3-2-4-7-16/h2-9,14,20-21H,10-13,15H2,1H3. The minimum atomic E-state index is -3.74. The second kappa shape index (κ2) is 8.51. The van der Waals surface area contributed by atoms with Crippen LogP contribution in [0.15, 0.2) is 54.6 Å². The Kier molecular flexibility index (Phi) is 6.10. The van der Waals surface area contributed by atoms with Crippen LogP contribution in [0.5, 0.6) is 0 Å². The molecule has 2 aromatic rings. The van der Waals surface area contributed by atoms with Gasteiger partial charge in [-0.05, 0) is 30.8 Å². The molecule has 0 radical (unpaired) electrons. The van der Waals surface area contributed by atoms with Gasteiger partial charge in [-0.2, -0.15) is 13.1 Å². The summed E-state index contributed by atoms with van der Waals surface area (Å²) in [5.74, 6) is -0.0820. The number of anilines is 1. The van der Waals surface area contributed by atoms with Crippen molar-refractivity contribution in [3.05, 3.63) is 65.7 Å². The summed E-state index contributed by atoms with van der Waals surface area (Å²) in [5, 5.41) is 0. The summed E-state index contributed by atoms with van der Waals surface area (Å²) in [5.41, 5.74) is 1.69. The van der Waals surface area contributed by atoms with Crippen molar-refractivity contribution in [2.24, 2.45) is 0 Å². The zero-order valence-corrected chi connectivity index (χ0v) is 16.1. The first-order chi connectivity index (χ1) is 12.9. The SMILES string of the molecule is CN1CCN(C(=O)c2cccc(NS(=O)(=O)NCc3ccccc3)c2)CC1. The molecule has 144 valence electrons. The van der Waals surface area contributed by atoms with Gasteiger partial charge in [0.05, 0.1) is 5.69 Å². The van der Waals surface area contributed by atoms with Crippen LogP contribution in [0.3, 0.4) is 0 Å². The molecule has 27 heavy (non-hydrogen) atoms. The average Bonchev–Trinajstić information content (AvgIpc) is 2.67. The topological polar surface area (TPSA) is 81.8 Å². The largest absolute Gasteiger partial charge is 0.336 e. The molecular weight excluding hydrogens is 364 g/mol. The number of likely N-dealkylation sites (N-methyl/N-ethyl adjacent to an activating group) is 1. The van der Waals surface area contributed by atoms with Gasteiger partial charge in [0.25, 0.3) is 16.1 Å². The second-order valence-electron chi connectivity index (χ2n) is 6.59. The molecule has 1 aliphatic rings. The van der Waals surface area contributed by atoms with E-state index >= 15 is 0 Å². The molecule has 1 heterocycles. The number of hydrogen-bond acceptors (Lipinski definition) is 4. The molecule has 0 aliphatic carbocycles. The fraction of sp³-hybridized carbons (Fsp3) is 0.316. The predicted octanol–water partition coefficient (Wildman–Crippen LogP) is 1.52. The van der Waals surface area contributed by atoms with Gasteiger partial charge in [0.2, 0.25) is 0 Å². The Bertz CT molecular complexity index is 879. The number of piperazine rings is 1. The molecule has 0 atom stereocenters. The third-order valence-corrected chi connectivity index (χ3v) is 5.49. The summed E-state index contributed by atoms with van der Waals surface area (Å²) in [6.07, 6.45) is 0. The molecule has 0 aromatic heterocycles. The zero-order valence-electron chi connectivity index (χ0n) is 15.3. The van der Waals surface area contributed by atoms with Crippen molar-refractivity contribution in [1.29, 1.82) is 0 Å². The summed E-state index contributed by atoms with van der Waals surface area (Å²) in [6, 6.07) is 15.9. The number of rotatable bonds is 6. The van der Waals surface area contributed by atoms with E-state index in [0.29, 0.717) is 24.3 Å². The van der Waals surface area contributed by atoms with E-state index in [2.05, 4.69) is 14.3 Å². The molecule has 0 unspecified atom stereocenters. The normalized spacial score (nSPS) is 15.5. The highest BCUT2D eigenvalue weighted by Crippen LogP contribution is 2.15. The summed E-state index contributed by atoms with van der Waals surface area (Å²) in [7, 11) is -1.71. The van der Waals surface area contributed by atoms with Gasteiger partial charge in [-0.1, -0.05) is 36.4 Å². The first kappa shape index (κ1) is 19.3. The Morgan fingerprint density at radius 1 is 1.00 bits per heavy atom. The van der Waals surface area contributed by atoms with E-state index in [1.807, 2.05) is 37.4 Å². The summed E-state index contributed by atoms with van der Waals surface area (Å²) in [4.78, 5) is 16.6. The van der Waals surface area contributed by atoms with Gasteiger partial charge < -0.3 is 9.80 Å². The Hall–Kier alpha value is -2.42. The predicted molar refractivity (Wildman–Crippen MR) is 106 cm³/mol. The molecule has 0 bridgehead atoms. The van der Waals surface area contributed by atoms with Gasteiger partial charge in [-0.25, -0.2) is 0 Å². The first-order valence-corrected chi connectivity index (χ1v) is 10.3. The van der Waals surface area contributed by atoms with Gasteiger partial charge in [0.1, 0.15) is 0 Å². The molecule has 8 heteroatoms. The molecule has 1 amide bonds. The van der Waals surface area contributed by atoms with Crippen LogP contribution in [-0.2, 0) is 16.8 Å². The van der Waals surface area contributed by atoms with E-state index in [9.17, 15) is 13.2 Å². The monoisotopic (exact) mass is 388 g/mol. The fourth-order valence-electron chi connectivity index (χ4n) is 2.87. The van der Waals surface area contributed by atoms with Crippen LogP contribution < -0.4 is 9.44 Å². The van der Waals surface area contributed by atoms with Crippen LogP contribution >= 0.6 is 0 Å². The van der Waals surface area contributed by atoms with E-state index in [-0.39, 0.29) is 12.5 Å². The van der Waals surface area contributed by atoms with Crippen molar-refractivity contribution in [2.75, 3.05) is 37.9 Å². The maximum Gasteiger partial charge on any atom is 0.299 e. The summed E-state index contributed by atoms with van der Waals surface area (Å²) >= 11 is 0. The molecule has 2 aromatic carbocycles. The maximum atomic E-state index is 12.6. The van der Waals surface area contributed by atoms with E-state index in [1.54, 1.807) is 29.2 Å². The quantitative estimate of drug-likeness (QED) is 0.786. The first-order valence-electron chi connectivity index (χ1n) is 8.82. The smallest absolute Gasteiger partial charge is 0.299 e. The lowest BCUT2D eigenvalue weighted by atomic mass is 10.1. The van der Waals surface area contributed by atoms with Gasteiger partial charge in [0, 0.05) is 38.3 Å². The van der Waals surface area contributed by atoms with E-state index in [4.69, 9.17) is 0 Å². The number of carbonyl (C=O) groups excluding carboxylic acids is 1. The van der Waals surface area contributed by atoms with Crippen molar-refractivity contribution < 1.29 is 13.2 Å². The number of hydrogen-bond donors (Lipinski definition) is 2. The molecule has 7 nitrogen and oxygen atoms in total. The van der Waals surface area contributed by atoms with Crippen molar-refractivity contribution in [1.82, 2.24) is 14.5 Å². The zero-order chi connectivity index (χ0) is 19.3. The van der Waals surface area contributed by atoms with Crippen molar-refractivity contribution in [3.8, 4) is 0 Å². The van der Waals surface area contributed by atoms with Crippen LogP contribution in [0, 0.1) is 0 Å². The highest BCUT2D eigenvalue weighted by atomic mass is 32.2. The minimum absolute atomic E-state index is 0.0820. The fourth-order valence-corrected chi connectivity index (χ4v) is 3.74. The molecule has 3 rings (SSSR count). The molecule has 0 spiro atoms. The lowest BCUT2D eigenvalue weighted by molar-refractivity contribution is 0.0664. The lowest BCUT2D eigenvalue weighted by Gasteiger charge is -2.32. The Labute approximate surface area is 160 Å². The Morgan fingerprint density at radius 2 is 1.70 bits per heavy atom. The highest BCUT2D eigenvalue weighted by Gasteiger charge is 2.21. The van der Waals surface area contributed by atoms with E-state index in [0.717, 1.165) is 18.7 Å². The Balaban J connectivity index is 1.63. The molecule has 2 N–H and O–H groups in total. The average molecular weight is 388 g/mol. The van der Waals surface area contributed by atoms with Gasteiger partial charge in [-0.15, -0.1) is 0 Å². The summed E-state index contributed by atoms with van der Waals surface area (Å²) < 4.78 is 29.5. The van der Waals surface area contributed by atoms with Crippen LogP contribution in [0.2, 0.25) is 0 Å². The highest BCUT2D eigenvalue weighted by molar-refractivity contribution is 7.90. The van der Waals surface area contributed by atoms with Gasteiger partial charge in [-0.3, -0.25) is 9.52 Å². The molecule has 1 saturated heterocycles. The van der Waals surface area contributed by atoms with Crippen molar-refractivity contribution in [3.63, 3.8) is 0 Å². The van der Waals surface area contributed by atoms with Crippen molar-refractivity contribution in [2.45, 2.75) is 6.54 Å². The van der Waals surface area contributed by atoms with Crippen molar-refractivity contribution >= 4 is 21.8 Å². The third-order valence-electron chi connectivity index (χ3n) is 4.46. The molecular formula is C19H24N4O3S. The maximum absolute atomic E-state index is 12.6. The van der Waals surface area contributed by atoms with Crippen LogP contribution in [-0.4, -0.2) is 57.4 Å². The van der Waals surface area contributed by atoms with Crippen LogP contribution in [0.4, 0.5) is 5.69 Å². The Morgan fingerprint density at radius 3 is 2.41 bits per heavy atom. The molecule has 0 saturated carbocycles. The lowest BCUT2D eigenvalue weighted by Crippen LogP contribution is -2.47. The summed E-state index contributed by atoms with van der Waals surface area (Å²) in [6.45, 7) is 3.20. The number of amides is 1. The second-order valence-corrected chi connectivity index (χ2v) is 8.09. The number of carbonyl (C=O) groups is 1. The van der Waals surface area contributed by atoms with Gasteiger partial charge in [0.15, 0.2) is 0 Å². The van der Waals surface area contributed by atoms with Crippen LogP contribution in [0.1, 0.15) is 15.9 Å².